The second-order valence-electron chi connectivity index (χ2n) is 4.89. The SMILES string of the molecule is CCCCC#Cc1ccc(-c2nc(SC)[nH]c(=O)c2C#N)cc1. The molecule has 116 valence electrons. The molecule has 1 N–H and O–H groups in total. The van der Waals surface area contributed by atoms with Crippen LogP contribution in [0.4, 0.5) is 0 Å². The molecule has 0 aliphatic heterocycles. The van der Waals surface area contributed by atoms with E-state index in [0.717, 1.165) is 30.4 Å². The van der Waals surface area contributed by atoms with Crippen LogP contribution in [0.5, 0.6) is 0 Å². The van der Waals surface area contributed by atoms with Gasteiger partial charge in [0.15, 0.2) is 5.16 Å². The number of aromatic nitrogens is 2. The second kappa shape index (κ2) is 8.22. The van der Waals surface area contributed by atoms with Gasteiger partial charge in [0.25, 0.3) is 5.56 Å². The first-order chi connectivity index (χ1) is 11.2. The maximum absolute atomic E-state index is 11.9. The topological polar surface area (TPSA) is 69.5 Å². The van der Waals surface area contributed by atoms with Gasteiger partial charge in [0.2, 0.25) is 0 Å². The van der Waals surface area contributed by atoms with Gasteiger partial charge in [-0.15, -0.1) is 0 Å². The standard InChI is InChI=1S/C18H17N3OS/c1-3-4-5-6-7-13-8-10-14(11-9-13)16-15(12-19)17(22)21-18(20-16)23-2/h8-11H,3-5H2,1-2H3,(H,20,21,22). The fraction of sp³-hybridized carbons (Fsp3) is 0.278. The lowest BCUT2D eigenvalue weighted by Crippen LogP contribution is -2.14. The summed E-state index contributed by atoms with van der Waals surface area (Å²) in [6.45, 7) is 2.14. The average Bonchev–Trinajstić information content (AvgIpc) is 2.58. The van der Waals surface area contributed by atoms with Crippen molar-refractivity contribution in [1.82, 2.24) is 9.97 Å². The Bertz CT molecular complexity index is 836. The first kappa shape index (κ1) is 16.9. The maximum Gasteiger partial charge on any atom is 0.270 e. The van der Waals surface area contributed by atoms with E-state index in [9.17, 15) is 10.1 Å². The number of unbranched alkanes of at least 4 members (excludes halogenated alkanes) is 2. The molecule has 0 fully saturated rings. The molecule has 0 amide bonds. The molecule has 0 spiro atoms. The molecular formula is C18H17N3OS. The van der Waals surface area contributed by atoms with Gasteiger partial charge in [0, 0.05) is 17.5 Å². The smallest absolute Gasteiger partial charge is 0.270 e. The Morgan fingerprint density at radius 2 is 2.04 bits per heavy atom. The molecule has 0 atom stereocenters. The molecule has 1 aromatic carbocycles. The summed E-state index contributed by atoms with van der Waals surface area (Å²) in [5.41, 5.74) is 1.68. The molecule has 0 radical (unpaired) electrons. The Kier molecular flexibility index (Phi) is 6.02. The van der Waals surface area contributed by atoms with E-state index >= 15 is 0 Å². The maximum atomic E-state index is 11.9. The lowest BCUT2D eigenvalue weighted by molar-refractivity contribution is 0.828. The number of thioether (sulfide) groups is 1. The van der Waals surface area contributed by atoms with Crippen molar-refractivity contribution in [2.24, 2.45) is 0 Å². The number of hydrogen-bond donors (Lipinski definition) is 1. The van der Waals surface area contributed by atoms with Gasteiger partial charge < -0.3 is 4.98 Å². The van der Waals surface area contributed by atoms with Crippen LogP contribution in [-0.2, 0) is 0 Å². The molecule has 4 nitrogen and oxygen atoms in total. The highest BCUT2D eigenvalue weighted by Crippen LogP contribution is 2.21. The summed E-state index contributed by atoms with van der Waals surface area (Å²) in [5.74, 6) is 6.25. The van der Waals surface area contributed by atoms with Gasteiger partial charge in [0.1, 0.15) is 11.6 Å². The number of nitrogens with one attached hydrogen (secondary N) is 1. The highest BCUT2D eigenvalue weighted by atomic mass is 32.2. The van der Waals surface area contributed by atoms with Crippen LogP contribution in [0.1, 0.15) is 37.3 Å². The van der Waals surface area contributed by atoms with Crippen molar-refractivity contribution >= 4 is 11.8 Å². The van der Waals surface area contributed by atoms with E-state index in [0.29, 0.717) is 10.9 Å². The Morgan fingerprint density at radius 1 is 1.30 bits per heavy atom. The third kappa shape index (κ3) is 4.25. The van der Waals surface area contributed by atoms with E-state index in [1.165, 1.54) is 11.8 Å². The number of rotatable bonds is 4. The Hall–Kier alpha value is -2.50. The predicted octanol–water partition coefficient (Wildman–Crippen LogP) is 3.57. The van der Waals surface area contributed by atoms with Gasteiger partial charge >= 0.3 is 0 Å². The average molecular weight is 323 g/mol. The van der Waals surface area contributed by atoms with E-state index in [-0.39, 0.29) is 5.56 Å². The Morgan fingerprint density at radius 3 is 2.65 bits per heavy atom. The molecule has 0 aliphatic carbocycles. The molecule has 2 aromatic rings. The van der Waals surface area contributed by atoms with Crippen molar-refractivity contribution in [2.75, 3.05) is 6.26 Å². The zero-order valence-corrected chi connectivity index (χ0v) is 14.0. The summed E-state index contributed by atoms with van der Waals surface area (Å²) in [5, 5.41) is 9.70. The summed E-state index contributed by atoms with van der Waals surface area (Å²) in [6.07, 6.45) is 4.95. The van der Waals surface area contributed by atoms with Gasteiger partial charge in [-0.2, -0.15) is 5.26 Å². The quantitative estimate of drug-likeness (QED) is 0.404. The van der Waals surface area contributed by atoms with Gasteiger partial charge in [-0.3, -0.25) is 4.79 Å². The fourth-order valence-electron chi connectivity index (χ4n) is 2.00. The molecule has 23 heavy (non-hydrogen) atoms. The van der Waals surface area contributed by atoms with Crippen LogP contribution in [-0.4, -0.2) is 16.2 Å². The third-order valence-electron chi connectivity index (χ3n) is 3.25. The molecule has 0 aliphatic rings. The van der Waals surface area contributed by atoms with Crippen LogP contribution < -0.4 is 5.56 Å². The van der Waals surface area contributed by atoms with E-state index in [4.69, 9.17) is 0 Å². The van der Waals surface area contributed by atoms with Gasteiger partial charge in [-0.25, -0.2) is 4.98 Å². The minimum atomic E-state index is -0.412. The van der Waals surface area contributed by atoms with Gasteiger partial charge in [0.05, 0.1) is 5.69 Å². The largest absolute Gasteiger partial charge is 0.300 e. The van der Waals surface area contributed by atoms with Crippen molar-refractivity contribution in [2.45, 2.75) is 31.3 Å². The minimum Gasteiger partial charge on any atom is -0.300 e. The number of H-pyrrole nitrogens is 1. The van der Waals surface area contributed by atoms with E-state index in [1.54, 1.807) is 0 Å². The van der Waals surface area contributed by atoms with Crippen molar-refractivity contribution in [3.8, 4) is 29.2 Å². The highest BCUT2D eigenvalue weighted by Gasteiger charge is 2.12. The first-order valence-corrected chi connectivity index (χ1v) is 8.59. The Labute approximate surface area is 140 Å². The third-order valence-corrected chi connectivity index (χ3v) is 3.83. The second-order valence-corrected chi connectivity index (χ2v) is 5.69. The zero-order chi connectivity index (χ0) is 16.7. The molecular weight excluding hydrogens is 306 g/mol. The normalized spacial score (nSPS) is 9.78. The van der Waals surface area contributed by atoms with Crippen LogP contribution in [0.25, 0.3) is 11.3 Å². The first-order valence-electron chi connectivity index (χ1n) is 7.37. The molecule has 5 heteroatoms. The summed E-state index contributed by atoms with van der Waals surface area (Å²) in [4.78, 5) is 18.9. The number of aromatic amines is 1. The van der Waals surface area contributed by atoms with E-state index in [2.05, 4.69) is 28.7 Å². The van der Waals surface area contributed by atoms with E-state index < -0.39 is 5.56 Å². The molecule has 1 aromatic heterocycles. The number of nitriles is 1. The summed E-state index contributed by atoms with van der Waals surface area (Å²) in [7, 11) is 0. The highest BCUT2D eigenvalue weighted by molar-refractivity contribution is 7.98. The molecule has 2 rings (SSSR count). The fourth-order valence-corrected chi connectivity index (χ4v) is 2.38. The Balaban J connectivity index is 2.36. The van der Waals surface area contributed by atoms with Crippen LogP contribution in [0.3, 0.4) is 0 Å². The monoisotopic (exact) mass is 323 g/mol. The summed E-state index contributed by atoms with van der Waals surface area (Å²) < 4.78 is 0. The van der Waals surface area contributed by atoms with Crippen molar-refractivity contribution in [1.29, 1.82) is 5.26 Å². The minimum absolute atomic E-state index is 0.0320. The molecule has 1 heterocycles. The zero-order valence-electron chi connectivity index (χ0n) is 13.1. The molecule has 0 saturated carbocycles. The molecule has 0 bridgehead atoms. The van der Waals surface area contributed by atoms with Gasteiger partial charge in [-0.05, 0) is 24.8 Å². The van der Waals surface area contributed by atoms with Crippen molar-refractivity contribution in [3.63, 3.8) is 0 Å². The summed E-state index contributed by atoms with van der Waals surface area (Å²) in [6, 6.07) is 9.39. The summed E-state index contributed by atoms with van der Waals surface area (Å²) >= 11 is 1.33. The lowest BCUT2D eigenvalue weighted by atomic mass is 10.1. The predicted molar refractivity (Wildman–Crippen MR) is 93.2 cm³/mol. The van der Waals surface area contributed by atoms with E-state index in [1.807, 2.05) is 36.6 Å². The lowest BCUT2D eigenvalue weighted by Gasteiger charge is -2.05. The number of hydrogen-bond acceptors (Lipinski definition) is 4. The molecule has 0 unspecified atom stereocenters. The van der Waals surface area contributed by atoms with Crippen molar-refractivity contribution in [3.05, 3.63) is 45.7 Å². The molecule has 0 saturated heterocycles. The van der Waals surface area contributed by atoms with Crippen LogP contribution >= 0.6 is 11.8 Å². The van der Waals surface area contributed by atoms with Crippen molar-refractivity contribution < 1.29 is 0 Å². The van der Waals surface area contributed by atoms with Crippen LogP contribution in [0.15, 0.2) is 34.2 Å². The van der Waals surface area contributed by atoms with Crippen LogP contribution in [0, 0.1) is 23.2 Å². The van der Waals surface area contributed by atoms with Gasteiger partial charge in [-0.1, -0.05) is 49.1 Å². The number of benzene rings is 1. The van der Waals surface area contributed by atoms with Crippen LogP contribution in [0.2, 0.25) is 0 Å². The number of nitrogens with zero attached hydrogens (tertiary/aromatic N) is 2.